The van der Waals surface area contributed by atoms with Crippen molar-refractivity contribution in [1.82, 2.24) is 4.31 Å². The summed E-state index contributed by atoms with van der Waals surface area (Å²) >= 11 is 0. The molecule has 0 fully saturated rings. The number of carbonyl (C=O) groups excluding carboxylic acids is 1. The largest absolute Gasteiger partial charge is 0.269 e. The average molecular weight is 173 g/mol. The highest BCUT2D eigenvalue weighted by atomic mass is 32.2. The Bertz CT molecular complexity index is 194. The minimum Gasteiger partial charge on any atom is -0.269 e. The maximum absolute atomic E-state index is 11.0. The van der Waals surface area contributed by atoms with Gasteiger partial charge in [0.05, 0.1) is 0 Å². The summed E-state index contributed by atoms with van der Waals surface area (Å²) in [5.41, 5.74) is 0. The zero-order valence-electron chi connectivity index (χ0n) is 6.45. The van der Waals surface area contributed by atoms with E-state index in [0.717, 1.165) is 12.8 Å². The molecule has 0 spiro atoms. The van der Waals surface area contributed by atoms with Gasteiger partial charge in [-0.15, -0.1) is 0 Å². The number of nitrogens with zero attached hydrogens (tertiary/aromatic N) is 1. The maximum atomic E-state index is 11.0. The van der Waals surface area contributed by atoms with E-state index in [1.165, 1.54) is 15.8 Å². The molecule has 1 aliphatic rings. The Balaban J connectivity index is 2.46. The van der Waals surface area contributed by atoms with Gasteiger partial charge in [-0.3, -0.25) is 9.10 Å². The van der Waals surface area contributed by atoms with Crippen LogP contribution in [0.1, 0.15) is 19.8 Å². The normalized spacial score (nSPS) is 23.2. The summed E-state index contributed by atoms with van der Waals surface area (Å²) in [6, 6.07) is 0. The Morgan fingerprint density at radius 3 is 2.82 bits per heavy atom. The highest BCUT2D eigenvalue weighted by molar-refractivity contribution is 7.86. The smallest absolute Gasteiger partial charge is 0.259 e. The second-order valence-corrected chi connectivity index (χ2v) is 3.64. The summed E-state index contributed by atoms with van der Waals surface area (Å²) in [5, 5.41) is 1.43. The second-order valence-electron chi connectivity index (χ2n) is 2.37. The molecule has 0 saturated heterocycles. The van der Waals surface area contributed by atoms with Gasteiger partial charge in [0.15, 0.2) is 0 Å². The van der Waals surface area contributed by atoms with Crippen molar-refractivity contribution >= 4 is 16.9 Å². The molecule has 0 aliphatic carbocycles. The highest BCUT2D eigenvalue weighted by Gasteiger charge is 2.20. The van der Waals surface area contributed by atoms with Crippen LogP contribution in [-0.2, 0) is 15.8 Å². The van der Waals surface area contributed by atoms with Gasteiger partial charge in [0.1, 0.15) is 11.0 Å². The molecular formula is C7H11NO2S. The van der Waals surface area contributed by atoms with E-state index in [2.05, 4.69) is 0 Å². The lowest BCUT2D eigenvalue weighted by Crippen LogP contribution is -2.26. The van der Waals surface area contributed by atoms with Crippen LogP contribution >= 0.6 is 0 Å². The topological polar surface area (TPSA) is 37.4 Å². The standard InChI is InChI=1S/C7H11NO2S/c1-2-3-5-8-7(9)4-6-11(8)10/h4,6H,2-3,5H2,1H3. The SMILES string of the molecule is CCCCN1C(=O)C=CS1=O. The highest BCUT2D eigenvalue weighted by Crippen LogP contribution is 2.08. The van der Waals surface area contributed by atoms with Crippen molar-refractivity contribution in [3.8, 4) is 0 Å². The first-order chi connectivity index (χ1) is 5.25. The fourth-order valence-electron chi connectivity index (χ4n) is 0.864. The van der Waals surface area contributed by atoms with Crippen molar-refractivity contribution in [1.29, 1.82) is 0 Å². The van der Waals surface area contributed by atoms with Crippen molar-refractivity contribution in [2.24, 2.45) is 0 Å². The van der Waals surface area contributed by atoms with Crippen molar-refractivity contribution in [2.45, 2.75) is 19.8 Å². The zero-order valence-corrected chi connectivity index (χ0v) is 7.26. The van der Waals surface area contributed by atoms with Crippen LogP contribution < -0.4 is 0 Å². The minimum atomic E-state index is -1.19. The number of rotatable bonds is 3. The molecule has 11 heavy (non-hydrogen) atoms. The van der Waals surface area contributed by atoms with Crippen LogP contribution in [0, 0.1) is 0 Å². The first kappa shape index (κ1) is 8.46. The Kier molecular flexibility index (Phi) is 2.82. The van der Waals surface area contributed by atoms with Gasteiger partial charge in [-0.25, -0.2) is 4.21 Å². The molecular weight excluding hydrogens is 162 g/mol. The molecule has 62 valence electrons. The number of hydrogen-bond acceptors (Lipinski definition) is 2. The predicted octanol–water partition coefficient (Wildman–Crippen LogP) is 0.806. The van der Waals surface area contributed by atoms with Crippen LogP contribution in [0.3, 0.4) is 0 Å². The summed E-state index contributed by atoms with van der Waals surface area (Å²) in [6.07, 6.45) is 3.30. The Morgan fingerprint density at radius 1 is 1.64 bits per heavy atom. The molecule has 0 bridgehead atoms. The van der Waals surface area contributed by atoms with E-state index in [-0.39, 0.29) is 5.91 Å². The van der Waals surface area contributed by atoms with E-state index >= 15 is 0 Å². The Labute approximate surface area is 68.7 Å². The predicted molar refractivity (Wildman–Crippen MR) is 43.9 cm³/mol. The van der Waals surface area contributed by atoms with E-state index in [1.807, 2.05) is 6.92 Å². The Hall–Kier alpha value is -0.640. The lowest BCUT2D eigenvalue weighted by molar-refractivity contribution is -0.121. The summed E-state index contributed by atoms with van der Waals surface area (Å²) in [6.45, 7) is 2.64. The van der Waals surface area contributed by atoms with E-state index in [1.54, 1.807) is 0 Å². The van der Waals surface area contributed by atoms with Gasteiger partial charge in [-0.2, -0.15) is 0 Å². The van der Waals surface area contributed by atoms with Crippen LogP contribution in [0.4, 0.5) is 0 Å². The quantitative estimate of drug-likeness (QED) is 0.633. The van der Waals surface area contributed by atoms with E-state index in [4.69, 9.17) is 0 Å². The van der Waals surface area contributed by atoms with Crippen LogP contribution in [0.2, 0.25) is 0 Å². The van der Waals surface area contributed by atoms with Gasteiger partial charge in [0.2, 0.25) is 0 Å². The Morgan fingerprint density at radius 2 is 2.36 bits per heavy atom. The zero-order chi connectivity index (χ0) is 8.27. The molecule has 0 saturated carbocycles. The second kappa shape index (κ2) is 3.67. The van der Waals surface area contributed by atoms with Gasteiger partial charge in [0, 0.05) is 18.0 Å². The maximum Gasteiger partial charge on any atom is 0.259 e. The molecule has 1 aliphatic heterocycles. The van der Waals surface area contributed by atoms with Crippen molar-refractivity contribution in [3.05, 3.63) is 11.5 Å². The molecule has 1 heterocycles. The third-order valence-corrected chi connectivity index (χ3v) is 2.67. The van der Waals surface area contributed by atoms with E-state index in [9.17, 15) is 9.00 Å². The van der Waals surface area contributed by atoms with E-state index < -0.39 is 11.0 Å². The third-order valence-electron chi connectivity index (χ3n) is 1.50. The molecule has 0 aromatic carbocycles. The van der Waals surface area contributed by atoms with Crippen molar-refractivity contribution < 1.29 is 9.00 Å². The molecule has 1 unspecified atom stereocenters. The van der Waals surface area contributed by atoms with Gasteiger partial charge in [-0.05, 0) is 6.42 Å². The summed E-state index contributed by atoms with van der Waals surface area (Å²) < 4.78 is 12.4. The summed E-state index contributed by atoms with van der Waals surface area (Å²) in [5.74, 6) is -0.128. The average Bonchev–Trinajstić information content (AvgIpc) is 2.29. The molecule has 0 aromatic heterocycles. The first-order valence-electron chi connectivity index (χ1n) is 3.66. The number of unbranched alkanes of at least 4 members (excludes halogenated alkanes) is 1. The van der Waals surface area contributed by atoms with Gasteiger partial charge in [-0.1, -0.05) is 13.3 Å². The van der Waals surface area contributed by atoms with Gasteiger partial charge in [0.25, 0.3) is 5.91 Å². The number of amides is 1. The molecule has 1 rings (SSSR count). The molecule has 1 atom stereocenters. The van der Waals surface area contributed by atoms with Gasteiger partial charge >= 0.3 is 0 Å². The molecule has 3 nitrogen and oxygen atoms in total. The lowest BCUT2D eigenvalue weighted by Gasteiger charge is -2.12. The molecule has 0 N–H and O–H groups in total. The number of hydrogen-bond donors (Lipinski definition) is 0. The van der Waals surface area contributed by atoms with Crippen molar-refractivity contribution in [3.63, 3.8) is 0 Å². The summed E-state index contributed by atoms with van der Waals surface area (Å²) in [4.78, 5) is 10.9. The van der Waals surface area contributed by atoms with E-state index in [0.29, 0.717) is 6.54 Å². The number of carbonyl (C=O) groups is 1. The molecule has 0 aromatic rings. The van der Waals surface area contributed by atoms with Gasteiger partial charge < -0.3 is 0 Å². The fourth-order valence-corrected chi connectivity index (χ4v) is 1.79. The minimum absolute atomic E-state index is 0.128. The van der Waals surface area contributed by atoms with Crippen LogP contribution in [0.25, 0.3) is 0 Å². The van der Waals surface area contributed by atoms with Crippen LogP contribution in [-0.4, -0.2) is 21.0 Å². The molecule has 1 amide bonds. The van der Waals surface area contributed by atoms with Crippen LogP contribution in [0.15, 0.2) is 11.5 Å². The monoisotopic (exact) mass is 173 g/mol. The fraction of sp³-hybridized carbons (Fsp3) is 0.571. The van der Waals surface area contributed by atoms with Crippen molar-refractivity contribution in [2.75, 3.05) is 6.54 Å². The molecule has 0 radical (unpaired) electrons. The third kappa shape index (κ3) is 1.89. The lowest BCUT2D eigenvalue weighted by atomic mass is 10.3. The first-order valence-corrected chi connectivity index (χ1v) is 4.83. The molecule has 4 heteroatoms. The summed E-state index contributed by atoms with van der Waals surface area (Å²) in [7, 11) is -1.19. The van der Waals surface area contributed by atoms with Crippen LogP contribution in [0.5, 0.6) is 0 Å².